The lowest BCUT2D eigenvalue weighted by Gasteiger charge is -2.08. The van der Waals surface area contributed by atoms with Gasteiger partial charge in [0.1, 0.15) is 12.3 Å². The first-order chi connectivity index (χ1) is 16.1. The molecule has 0 spiro atoms. The average molecular weight is 463 g/mol. The molecule has 0 aliphatic heterocycles. The van der Waals surface area contributed by atoms with Crippen LogP contribution in [0.5, 0.6) is 5.75 Å². The molecule has 0 aliphatic rings. The minimum Gasteiger partial charge on any atom is -0.497 e. The molecule has 0 atom stereocenters. The molecule has 0 saturated carbocycles. The van der Waals surface area contributed by atoms with Gasteiger partial charge in [-0.05, 0) is 54.3 Å². The van der Waals surface area contributed by atoms with Crippen LogP contribution < -0.4 is 15.6 Å². The zero-order valence-corrected chi connectivity index (χ0v) is 19.0. The van der Waals surface area contributed by atoms with E-state index in [-0.39, 0.29) is 23.9 Å². The van der Waals surface area contributed by atoms with Crippen LogP contribution in [0, 0.1) is 0 Å². The Morgan fingerprint density at radius 2 is 1.79 bits per heavy atom. The molecule has 0 bridgehead atoms. The maximum absolute atomic E-state index is 12.4. The van der Waals surface area contributed by atoms with Crippen LogP contribution in [0.4, 0.5) is 0 Å². The van der Waals surface area contributed by atoms with Crippen LogP contribution >= 0.6 is 11.8 Å². The number of rotatable bonds is 8. The van der Waals surface area contributed by atoms with Gasteiger partial charge in [-0.15, -0.1) is 11.8 Å². The number of nitrogens with one attached hydrogen (secondary N) is 1. The predicted octanol–water partition coefficient (Wildman–Crippen LogP) is 3.61. The topological polar surface area (TPSA) is 99.3 Å². The van der Waals surface area contributed by atoms with Crippen LogP contribution in [0.3, 0.4) is 0 Å². The molecular formula is C24H22N4O4S. The van der Waals surface area contributed by atoms with Crippen LogP contribution in [0.2, 0.25) is 0 Å². The predicted molar refractivity (Wildman–Crippen MR) is 126 cm³/mol. The highest BCUT2D eigenvalue weighted by molar-refractivity contribution is 7.98. The highest BCUT2D eigenvalue weighted by Gasteiger charge is 2.13. The van der Waals surface area contributed by atoms with Crippen LogP contribution in [-0.2, 0) is 17.9 Å². The Balaban J connectivity index is 1.44. The Kier molecular flexibility index (Phi) is 6.89. The van der Waals surface area contributed by atoms with Gasteiger partial charge in [0.25, 0.3) is 11.4 Å². The number of pyridine rings is 1. The number of hydrogen-bond donors (Lipinski definition) is 1. The molecule has 0 unspecified atom stereocenters. The van der Waals surface area contributed by atoms with Gasteiger partial charge in [0.2, 0.25) is 11.7 Å². The minimum absolute atomic E-state index is 0.116. The van der Waals surface area contributed by atoms with Gasteiger partial charge in [0.05, 0.1) is 12.7 Å². The fraction of sp³-hybridized carbons (Fsp3) is 0.167. The maximum Gasteiger partial charge on any atom is 0.259 e. The standard InChI is InChI=1S/C24H22N4O4S/c1-31-19-8-5-17(6-9-19)23-26-24(32-27-23)18-7-12-22(30)28(14-18)15-21(29)25-13-16-3-10-20(33-2)11-4-16/h3-12,14H,13,15H2,1-2H3,(H,25,29). The normalized spacial score (nSPS) is 10.7. The zero-order valence-electron chi connectivity index (χ0n) is 18.1. The Labute approximate surface area is 194 Å². The number of carbonyl (C=O) groups is 1. The summed E-state index contributed by atoms with van der Waals surface area (Å²) in [6.45, 7) is 0.270. The fourth-order valence-electron chi connectivity index (χ4n) is 3.13. The molecule has 168 valence electrons. The van der Waals surface area contributed by atoms with Crippen molar-refractivity contribution in [3.05, 3.63) is 82.8 Å². The molecule has 4 rings (SSSR count). The lowest BCUT2D eigenvalue weighted by Crippen LogP contribution is -2.31. The van der Waals surface area contributed by atoms with Crippen molar-refractivity contribution in [2.45, 2.75) is 18.0 Å². The van der Waals surface area contributed by atoms with Crippen LogP contribution in [0.15, 0.2) is 81.1 Å². The largest absolute Gasteiger partial charge is 0.497 e. The first-order valence-electron chi connectivity index (χ1n) is 10.1. The van der Waals surface area contributed by atoms with Crippen molar-refractivity contribution >= 4 is 17.7 Å². The monoisotopic (exact) mass is 462 g/mol. The molecular weight excluding hydrogens is 440 g/mol. The smallest absolute Gasteiger partial charge is 0.259 e. The number of benzene rings is 2. The maximum atomic E-state index is 12.4. The molecule has 9 heteroatoms. The van der Waals surface area contributed by atoms with Gasteiger partial charge < -0.3 is 19.1 Å². The van der Waals surface area contributed by atoms with Crippen molar-refractivity contribution in [2.24, 2.45) is 0 Å². The van der Waals surface area contributed by atoms with E-state index in [1.807, 2.05) is 42.7 Å². The molecule has 2 aromatic heterocycles. The number of nitrogens with zero attached hydrogens (tertiary/aromatic N) is 3. The van der Waals surface area contributed by atoms with E-state index in [2.05, 4.69) is 15.5 Å². The molecule has 4 aromatic rings. The van der Waals surface area contributed by atoms with Crippen molar-refractivity contribution in [1.29, 1.82) is 0 Å². The Morgan fingerprint density at radius 1 is 1.06 bits per heavy atom. The van der Waals surface area contributed by atoms with Crippen LogP contribution in [0.1, 0.15) is 5.56 Å². The van der Waals surface area contributed by atoms with Crippen LogP contribution in [-0.4, -0.2) is 34.0 Å². The van der Waals surface area contributed by atoms with E-state index in [0.717, 1.165) is 21.8 Å². The molecule has 0 radical (unpaired) electrons. The van der Waals surface area contributed by atoms with Crippen molar-refractivity contribution < 1.29 is 14.1 Å². The number of aromatic nitrogens is 3. The number of ether oxygens (including phenoxy) is 1. The highest BCUT2D eigenvalue weighted by Crippen LogP contribution is 2.23. The number of carbonyl (C=O) groups excluding carboxylic acids is 1. The number of amides is 1. The molecule has 1 N–H and O–H groups in total. The lowest BCUT2D eigenvalue weighted by atomic mass is 10.2. The second-order valence-corrected chi connectivity index (χ2v) is 8.04. The van der Waals surface area contributed by atoms with Gasteiger partial charge in [-0.2, -0.15) is 4.98 Å². The molecule has 8 nitrogen and oxygen atoms in total. The summed E-state index contributed by atoms with van der Waals surface area (Å²) in [6, 6.07) is 18.2. The third kappa shape index (κ3) is 5.50. The van der Waals surface area contributed by atoms with Gasteiger partial charge in [0, 0.05) is 29.3 Å². The molecule has 1 amide bonds. The first kappa shape index (κ1) is 22.3. The van der Waals surface area contributed by atoms with E-state index < -0.39 is 0 Å². The molecule has 0 saturated heterocycles. The molecule has 2 heterocycles. The lowest BCUT2D eigenvalue weighted by molar-refractivity contribution is -0.121. The number of hydrogen-bond acceptors (Lipinski definition) is 7. The highest BCUT2D eigenvalue weighted by atomic mass is 32.2. The summed E-state index contributed by atoms with van der Waals surface area (Å²) in [4.78, 5) is 30.3. The van der Waals surface area contributed by atoms with Gasteiger partial charge in [-0.25, -0.2) is 0 Å². The van der Waals surface area contributed by atoms with Gasteiger partial charge in [-0.1, -0.05) is 17.3 Å². The summed E-state index contributed by atoms with van der Waals surface area (Å²) in [5.74, 6) is 1.12. The molecule has 33 heavy (non-hydrogen) atoms. The van der Waals surface area contributed by atoms with Gasteiger partial charge in [-0.3, -0.25) is 9.59 Å². The van der Waals surface area contributed by atoms with E-state index in [4.69, 9.17) is 9.26 Å². The van der Waals surface area contributed by atoms with Crippen molar-refractivity contribution in [3.8, 4) is 28.6 Å². The summed E-state index contributed by atoms with van der Waals surface area (Å²) < 4.78 is 11.9. The number of thioether (sulfide) groups is 1. The second kappa shape index (κ2) is 10.2. The average Bonchev–Trinajstić information content (AvgIpc) is 3.35. The van der Waals surface area contributed by atoms with Crippen molar-refractivity contribution in [3.63, 3.8) is 0 Å². The Bertz CT molecular complexity index is 1300. The summed E-state index contributed by atoms with van der Waals surface area (Å²) in [5.41, 5.74) is 2.00. The van der Waals surface area contributed by atoms with Gasteiger partial charge >= 0.3 is 0 Å². The van der Waals surface area contributed by atoms with E-state index in [9.17, 15) is 9.59 Å². The summed E-state index contributed by atoms with van der Waals surface area (Å²) in [6.07, 6.45) is 3.55. The fourth-order valence-corrected chi connectivity index (χ4v) is 3.54. The van der Waals surface area contributed by atoms with E-state index in [1.165, 1.54) is 10.6 Å². The SMILES string of the molecule is COc1ccc(-c2noc(-c3ccc(=O)n(CC(=O)NCc4ccc(SC)cc4)c3)n2)cc1. The van der Waals surface area contributed by atoms with Crippen LogP contribution in [0.25, 0.3) is 22.8 Å². The van der Waals surface area contributed by atoms with Crippen molar-refractivity contribution in [2.75, 3.05) is 13.4 Å². The Hall–Kier alpha value is -3.85. The summed E-state index contributed by atoms with van der Waals surface area (Å²) >= 11 is 1.66. The van der Waals surface area contributed by atoms with E-state index in [0.29, 0.717) is 17.9 Å². The first-order valence-corrected chi connectivity index (χ1v) is 11.4. The quantitative estimate of drug-likeness (QED) is 0.399. The minimum atomic E-state index is -0.298. The number of methoxy groups -OCH3 is 1. The molecule has 0 aliphatic carbocycles. The zero-order chi connectivity index (χ0) is 23.2. The van der Waals surface area contributed by atoms with E-state index in [1.54, 1.807) is 43.3 Å². The second-order valence-electron chi connectivity index (χ2n) is 7.16. The van der Waals surface area contributed by atoms with Crippen molar-refractivity contribution in [1.82, 2.24) is 20.0 Å². The third-order valence-corrected chi connectivity index (χ3v) is 5.71. The molecule has 2 aromatic carbocycles. The summed E-state index contributed by atoms with van der Waals surface area (Å²) in [5, 5.41) is 6.85. The Morgan fingerprint density at radius 3 is 2.48 bits per heavy atom. The summed E-state index contributed by atoms with van der Waals surface area (Å²) in [7, 11) is 1.60. The molecule has 0 fully saturated rings. The van der Waals surface area contributed by atoms with Gasteiger partial charge in [0.15, 0.2) is 0 Å². The third-order valence-electron chi connectivity index (χ3n) is 4.97. The van der Waals surface area contributed by atoms with E-state index >= 15 is 0 Å².